The lowest BCUT2D eigenvalue weighted by molar-refractivity contribution is 0.545. The van der Waals surface area contributed by atoms with Crippen molar-refractivity contribution in [1.29, 1.82) is 0 Å². The maximum absolute atomic E-state index is 12.9. The molecule has 0 aliphatic carbocycles. The topological polar surface area (TPSA) is 32.3 Å². The van der Waals surface area contributed by atoms with Crippen LogP contribution in [0.1, 0.15) is 6.92 Å². The number of nitrogens with zero attached hydrogens (tertiary/aromatic N) is 4. The van der Waals surface area contributed by atoms with Crippen molar-refractivity contribution < 1.29 is 4.39 Å². The average molecular weight is 272 g/mol. The van der Waals surface area contributed by atoms with Gasteiger partial charge in [-0.3, -0.25) is 4.98 Å². The van der Waals surface area contributed by atoms with Crippen molar-refractivity contribution in [1.82, 2.24) is 9.97 Å². The number of anilines is 2. The van der Waals surface area contributed by atoms with Crippen molar-refractivity contribution in [3.05, 3.63) is 48.7 Å². The molecule has 1 aliphatic heterocycles. The molecule has 0 aromatic carbocycles. The predicted molar refractivity (Wildman–Crippen MR) is 77.5 cm³/mol. The Balaban J connectivity index is 1.72. The van der Waals surface area contributed by atoms with Gasteiger partial charge in [0.15, 0.2) is 0 Å². The fourth-order valence-electron chi connectivity index (χ4n) is 2.64. The minimum absolute atomic E-state index is 0.294. The fraction of sp³-hybridized carbons (Fsp3) is 0.333. The number of halogens is 1. The first kappa shape index (κ1) is 12.8. The highest BCUT2D eigenvalue weighted by molar-refractivity contribution is 5.49. The lowest BCUT2D eigenvalue weighted by atomic mass is 10.1. The number of hydrogen-bond donors (Lipinski definition) is 0. The Morgan fingerprint density at radius 3 is 2.60 bits per heavy atom. The van der Waals surface area contributed by atoms with E-state index in [1.807, 2.05) is 24.5 Å². The lowest BCUT2D eigenvalue weighted by Gasteiger charge is -2.41. The summed E-state index contributed by atoms with van der Waals surface area (Å²) in [5, 5.41) is 0. The molecular weight excluding hydrogens is 255 g/mol. The molecule has 2 aromatic rings. The first-order chi connectivity index (χ1) is 9.74. The standard InChI is InChI=1S/C15H17FN4/c1-12-11-19(15-3-2-13(16)10-18-15)8-9-20(12)14-4-6-17-7-5-14/h2-7,10,12H,8-9,11H2,1H3/t12-/m0/s1. The molecule has 0 spiro atoms. The highest BCUT2D eigenvalue weighted by Crippen LogP contribution is 2.22. The minimum atomic E-state index is -0.294. The van der Waals surface area contributed by atoms with E-state index in [-0.39, 0.29) is 5.82 Å². The fourth-order valence-corrected chi connectivity index (χ4v) is 2.64. The van der Waals surface area contributed by atoms with Gasteiger partial charge in [-0.25, -0.2) is 9.37 Å². The first-order valence-corrected chi connectivity index (χ1v) is 6.77. The maximum atomic E-state index is 12.9. The Labute approximate surface area is 117 Å². The summed E-state index contributed by atoms with van der Waals surface area (Å²) in [5.41, 5.74) is 1.19. The van der Waals surface area contributed by atoms with Gasteiger partial charge in [0.1, 0.15) is 11.6 Å². The van der Waals surface area contributed by atoms with Crippen LogP contribution < -0.4 is 9.80 Å². The van der Waals surface area contributed by atoms with Gasteiger partial charge in [0.25, 0.3) is 0 Å². The molecule has 0 amide bonds. The van der Waals surface area contributed by atoms with Crippen LogP contribution in [0.15, 0.2) is 42.9 Å². The van der Waals surface area contributed by atoms with Gasteiger partial charge in [0, 0.05) is 43.8 Å². The van der Waals surface area contributed by atoms with Gasteiger partial charge >= 0.3 is 0 Å². The van der Waals surface area contributed by atoms with Gasteiger partial charge in [0.2, 0.25) is 0 Å². The largest absolute Gasteiger partial charge is 0.365 e. The third-order valence-electron chi connectivity index (χ3n) is 3.66. The van der Waals surface area contributed by atoms with E-state index in [1.54, 1.807) is 6.07 Å². The molecule has 1 saturated heterocycles. The summed E-state index contributed by atoms with van der Waals surface area (Å²) in [5.74, 6) is 0.546. The first-order valence-electron chi connectivity index (χ1n) is 6.77. The Hall–Kier alpha value is -2.17. The molecule has 3 rings (SSSR count). The molecular formula is C15H17FN4. The van der Waals surface area contributed by atoms with Crippen LogP contribution in [0.5, 0.6) is 0 Å². The van der Waals surface area contributed by atoms with Crippen LogP contribution in [0.25, 0.3) is 0 Å². The molecule has 0 radical (unpaired) electrons. The van der Waals surface area contributed by atoms with Gasteiger partial charge in [-0.1, -0.05) is 0 Å². The van der Waals surface area contributed by atoms with E-state index in [9.17, 15) is 4.39 Å². The molecule has 0 saturated carbocycles. The van der Waals surface area contributed by atoms with E-state index in [4.69, 9.17) is 0 Å². The van der Waals surface area contributed by atoms with E-state index in [1.165, 1.54) is 18.0 Å². The van der Waals surface area contributed by atoms with E-state index in [2.05, 4.69) is 26.7 Å². The summed E-state index contributed by atoms with van der Waals surface area (Å²) >= 11 is 0. The Kier molecular flexibility index (Phi) is 3.50. The molecule has 2 aromatic heterocycles. The molecule has 0 bridgehead atoms. The lowest BCUT2D eigenvalue weighted by Crippen LogP contribution is -2.52. The van der Waals surface area contributed by atoms with Crippen LogP contribution in [0, 0.1) is 5.82 Å². The molecule has 4 nitrogen and oxygen atoms in total. The summed E-state index contributed by atoms with van der Waals surface area (Å²) in [6.45, 7) is 4.87. The third-order valence-corrected chi connectivity index (χ3v) is 3.66. The van der Waals surface area contributed by atoms with Gasteiger partial charge in [-0.05, 0) is 31.2 Å². The molecule has 20 heavy (non-hydrogen) atoms. The monoisotopic (exact) mass is 272 g/mol. The Morgan fingerprint density at radius 1 is 1.15 bits per heavy atom. The normalized spacial score (nSPS) is 19.2. The van der Waals surface area contributed by atoms with Crippen molar-refractivity contribution in [3.8, 4) is 0 Å². The number of pyridine rings is 2. The average Bonchev–Trinajstić information content (AvgIpc) is 2.49. The van der Waals surface area contributed by atoms with E-state index in [0.29, 0.717) is 6.04 Å². The summed E-state index contributed by atoms with van der Waals surface area (Å²) < 4.78 is 12.9. The van der Waals surface area contributed by atoms with Gasteiger partial charge in [0.05, 0.1) is 6.20 Å². The molecule has 1 atom stereocenters. The van der Waals surface area contributed by atoms with Gasteiger partial charge < -0.3 is 9.80 Å². The summed E-state index contributed by atoms with van der Waals surface area (Å²) in [6.07, 6.45) is 4.90. The minimum Gasteiger partial charge on any atom is -0.365 e. The number of rotatable bonds is 2. The SMILES string of the molecule is C[C@H]1CN(c2ccc(F)cn2)CCN1c1ccncc1. The molecule has 1 aliphatic rings. The van der Waals surface area contributed by atoms with Crippen molar-refractivity contribution in [3.63, 3.8) is 0 Å². The zero-order chi connectivity index (χ0) is 13.9. The molecule has 0 unspecified atom stereocenters. The van der Waals surface area contributed by atoms with Crippen LogP contribution in [0.3, 0.4) is 0 Å². The number of piperazine rings is 1. The number of hydrogen-bond acceptors (Lipinski definition) is 4. The van der Waals surface area contributed by atoms with Gasteiger partial charge in [-0.15, -0.1) is 0 Å². The molecule has 5 heteroatoms. The van der Waals surface area contributed by atoms with E-state index in [0.717, 1.165) is 25.5 Å². The quantitative estimate of drug-likeness (QED) is 0.840. The molecule has 1 fully saturated rings. The third kappa shape index (κ3) is 2.57. The zero-order valence-electron chi connectivity index (χ0n) is 11.4. The van der Waals surface area contributed by atoms with Crippen molar-refractivity contribution in [2.45, 2.75) is 13.0 Å². The van der Waals surface area contributed by atoms with Crippen molar-refractivity contribution in [2.24, 2.45) is 0 Å². The van der Waals surface area contributed by atoms with Crippen LogP contribution in [-0.4, -0.2) is 35.6 Å². The van der Waals surface area contributed by atoms with Crippen molar-refractivity contribution >= 4 is 11.5 Å². The Bertz CT molecular complexity index is 558. The highest BCUT2D eigenvalue weighted by Gasteiger charge is 2.24. The summed E-state index contributed by atoms with van der Waals surface area (Å²) in [6, 6.07) is 7.63. The molecule has 3 heterocycles. The van der Waals surface area contributed by atoms with Crippen LogP contribution in [-0.2, 0) is 0 Å². The van der Waals surface area contributed by atoms with Crippen molar-refractivity contribution in [2.75, 3.05) is 29.4 Å². The predicted octanol–water partition coefficient (Wildman–Crippen LogP) is 2.33. The number of aromatic nitrogens is 2. The zero-order valence-corrected chi connectivity index (χ0v) is 11.4. The van der Waals surface area contributed by atoms with Crippen LogP contribution in [0.2, 0.25) is 0 Å². The molecule has 104 valence electrons. The second-order valence-corrected chi connectivity index (χ2v) is 5.03. The van der Waals surface area contributed by atoms with Crippen LogP contribution in [0.4, 0.5) is 15.9 Å². The maximum Gasteiger partial charge on any atom is 0.141 e. The molecule has 0 N–H and O–H groups in total. The second kappa shape index (κ2) is 5.45. The second-order valence-electron chi connectivity index (χ2n) is 5.03. The van der Waals surface area contributed by atoms with E-state index >= 15 is 0 Å². The summed E-state index contributed by atoms with van der Waals surface area (Å²) in [7, 11) is 0. The highest BCUT2D eigenvalue weighted by atomic mass is 19.1. The van der Waals surface area contributed by atoms with Crippen LogP contribution >= 0.6 is 0 Å². The Morgan fingerprint density at radius 2 is 1.95 bits per heavy atom. The van der Waals surface area contributed by atoms with Gasteiger partial charge in [-0.2, -0.15) is 0 Å². The van der Waals surface area contributed by atoms with E-state index < -0.39 is 0 Å². The smallest absolute Gasteiger partial charge is 0.141 e. The summed E-state index contributed by atoms with van der Waals surface area (Å²) in [4.78, 5) is 12.8.